The van der Waals surface area contributed by atoms with Gasteiger partial charge in [0.1, 0.15) is 18.2 Å². The van der Waals surface area contributed by atoms with Gasteiger partial charge in [-0.3, -0.25) is 0 Å². The van der Waals surface area contributed by atoms with E-state index in [1.807, 2.05) is 11.6 Å². The van der Waals surface area contributed by atoms with Crippen LogP contribution in [0.4, 0.5) is 0 Å². The first-order valence-electron chi connectivity index (χ1n) is 10.5. The van der Waals surface area contributed by atoms with Crippen molar-refractivity contribution in [2.75, 3.05) is 27.2 Å². The number of hydrogen-bond acceptors (Lipinski definition) is 6. The predicted molar refractivity (Wildman–Crippen MR) is 122 cm³/mol. The van der Waals surface area contributed by atoms with E-state index in [0.717, 1.165) is 31.4 Å². The van der Waals surface area contributed by atoms with Crippen LogP contribution in [0.25, 0.3) is 11.0 Å². The summed E-state index contributed by atoms with van der Waals surface area (Å²) >= 11 is 0. The van der Waals surface area contributed by atoms with Gasteiger partial charge in [0.15, 0.2) is 0 Å². The summed E-state index contributed by atoms with van der Waals surface area (Å²) in [5.74, 6) is 1.32. The molecule has 0 radical (unpaired) electrons. The van der Waals surface area contributed by atoms with Crippen molar-refractivity contribution in [3.63, 3.8) is 0 Å². The lowest BCUT2D eigenvalue weighted by Crippen LogP contribution is -2.44. The maximum absolute atomic E-state index is 13.2. The number of benzene rings is 2. The second-order valence-corrected chi connectivity index (χ2v) is 10.2. The van der Waals surface area contributed by atoms with Gasteiger partial charge in [-0.2, -0.15) is 9.57 Å². The van der Waals surface area contributed by atoms with Crippen molar-refractivity contribution < 1.29 is 13.2 Å². The third-order valence-electron chi connectivity index (χ3n) is 6.18. The normalized spacial score (nSPS) is 15.8. The van der Waals surface area contributed by atoms with Crippen molar-refractivity contribution >= 4 is 21.1 Å². The van der Waals surface area contributed by atoms with Gasteiger partial charge in [0.2, 0.25) is 10.0 Å². The molecule has 1 saturated heterocycles. The van der Waals surface area contributed by atoms with Gasteiger partial charge in [0.05, 0.1) is 27.6 Å². The first-order valence-corrected chi connectivity index (χ1v) is 12.0. The molecule has 8 nitrogen and oxygen atoms in total. The van der Waals surface area contributed by atoms with Gasteiger partial charge in [-0.05, 0) is 75.4 Å². The number of nitrogens with zero attached hydrogens (tertiary/aromatic N) is 5. The van der Waals surface area contributed by atoms with E-state index in [-0.39, 0.29) is 17.5 Å². The SMILES string of the molecule is CN1CCC(N(C)S(=O)(=O)c2ccc3c(c2)nc(COc2ccc(C#N)cc2)n3C)CC1. The van der Waals surface area contributed by atoms with Crippen LogP contribution in [0.1, 0.15) is 24.2 Å². The van der Waals surface area contributed by atoms with E-state index in [9.17, 15) is 8.42 Å². The van der Waals surface area contributed by atoms with Crippen LogP contribution in [0.3, 0.4) is 0 Å². The first-order chi connectivity index (χ1) is 15.3. The van der Waals surface area contributed by atoms with Crippen molar-refractivity contribution in [2.45, 2.75) is 30.4 Å². The number of fused-ring (bicyclic) bond motifs is 1. The number of rotatable bonds is 6. The number of ether oxygens (including phenoxy) is 1. The average molecular weight is 454 g/mol. The summed E-state index contributed by atoms with van der Waals surface area (Å²) in [5.41, 5.74) is 2.02. The molecule has 0 unspecified atom stereocenters. The Morgan fingerprint density at radius 1 is 1.16 bits per heavy atom. The Labute approximate surface area is 188 Å². The molecule has 2 aromatic carbocycles. The van der Waals surface area contributed by atoms with Crippen molar-refractivity contribution in [1.29, 1.82) is 5.26 Å². The fourth-order valence-electron chi connectivity index (χ4n) is 4.01. The Balaban J connectivity index is 1.54. The van der Waals surface area contributed by atoms with Crippen LogP contribution in [0.15, 0.2) is 47.4 Å². The van der Waals surface area contributed by atoms with Gasteiger partial charge in [-0.25, -0.2) is 13.4 Å². The molecule has 1 aliphatic rings. The Kier molecular flexibility index (Phi) is 6.20. The van der Waals surface area contributed by atoms with E-state index < -0.39 is 10.0 Å². The van der Waals surface area contributed by atoms with E-state index in [2.05, 4.69) is 23.0 Å². The van der Waals surface area contributed by atoms with E-state index in [1.54, 1.807) is 49.5 Å². The molecule has 0 atom stereocenters. The number of hydrogen-bond donors (Lipinski definition) is 0. The van der Waals surface area contributed by atoms with Crippen LogP contribution in [0, 0.1) is 11.3 Å². The molecule has 1 aliphatic heterocycles. The highest BCUT2D eigenvalue weighted by molar-refractivity contribution is 7.89. The van der Waals surface area contributed by atoms with E-state index >= 15 is 0 Å². The second kappa shape index (κ2) is 8.90. The van der Waals surface area contributed by atoms with Crippen LogP contribution in [-0.4, -0.2) is 60.4 Å². The molecular formula is C23H27N5O3S. The molecule has 1 aromatic heterocycles. The summed E-state index contributed by atoms with van der Waals surface area (Å²) in [4.78, 5) is 7.09. The van der Waals surface area contributed by atoms with Gasteiger partial charge >= 0.3 is 0 Å². The van der Waals surface area contributed by atoms with Gasteiger partial charge < -0.3 is 14.2 Å². The molecule has 4 rings (SSSR count). The molecule has 0 spiro atoms. The number of nitriles is 1. The quantitative estimate of drug-likeness (QED) is 0.570. The number of aryl methyl sites for hydroxylation is 1. The van der Waals surface area contributed by atoms with Crippen LogP contribution >= 0.6 is 0 Å². The molecule has 9 heteroatoms. The number of likely N-dealkylation sites (tertiary alicyclic amines) is 1. The van der Waals surface area contributed by atoms with Gasteiger partial charge in [0, 0.05) is 20.1 Å². The molecule has 1 fully saturated rings. The summed E-state index contributed by atoms with van der Waals surface area (Å²) in [6.45, 7) is 2.02. The zero-order valence-electron chi connectivity index (χ0n) is 18.5. The van der Waals surface area contributed by atoms with Crippen molar-refractivity contribution in [2.24, 2.45) is 7.05 Å². The third-order valence-corrected chi connectivity index (χ3v) is 8.08. The first kappa shape index (κ1) is 22.3. The van der Waals surface area contributed by atoms with Crippen LogP contribution in [0.5, 0.6) is 5.75 Å². The summed E-state index contributed by atoms with van der Waals surface area (Å²) < 4.78 is 35.7. The minimum Gasteiger partial charge on any atom is -0.486 e. The number of sulfonamides is 1. The highest BCUT2D eigenvalue weighted by Crippen LogP contribution is 2.26. The molecule has 2 heterocycles. The van der Waals surface area contributed by atoms with E-state index in [1.165, 1.54) is 4.31 Å². The lowest BCUT2D eigenvalue weighted by Gasteiger charge is -2.34. The monoisotopic (exact) mass is 453 g/mol. The van der Waals surface area contributed by atoms with Gasteiger partial charge in [-0.15, -0.1) is 0 Å². The molecule has 0 bridgehead atoms. The summed E-state index contributed by atoms with van der Waals surface area (Å²) in [6.07, 6.45) is 1.66. The average Bonchev–Trinajstić information content (AvgIpc) is 3.13. The molecule has 0 N–H and O–H groups in total. The smallest absolute Gasteiger partial charge is 0.243 e. The van der Waals surface area contributed by atoms with Crippen molar-refractivity contribution in [1.82, 2.24) is 18.8 Å². The predicted octanol–water partition coefficient (Wildman–Crippen LogP) is 2.74. The Bertz CT molecular complexity index is 1250. The summed E-state index contributed by atoms with van der Waals surface area (Å²) in [5, 5.41) is 8.90. The highest BCUT2D eigenvalue weighted by Gasteiger charge is 2.30. The Morgan fingerprint density at radius 3 is 2.50 bits per heavy atom. The van der Waals surface area contributed by atoms with Crippen molar-refractivity contribution in [3.05, 3.63) is 53.9 Å². The molecule has 0 aliphatic carbocycles. The summed E-state index contributed by atoms with van der Waals surface area (Å²) in [7, 11) is 2.00. The molecular weight excluding hydrogens is 426 g/mol. The second-order valence-electron chi connectivity index (χ2n) is 8.22. The van der Waals surface area contributed by atoms with E-state index in [4.69, 9.17) is 10.00 Å². The fraction of sp³-hybridized carbons (Fsp3) is 0.391. The molecule has 0 saturated carbocycles. The van der Waals surface area contributed by atoms with Crippen LogP contribution < -0.4 is 4.74 Å². The Hall–Kier alpha value is -2.93. The molecule has 3 aromatic rings. The number of piperidine rings is 1. The lowest BCUT2D eigenvalue weighted by atomic mass is 10.1. The van der Waals surface area contributed by atoms with E-state index in [0.29, 0.717) is 22.7 Å². The molecule has 32 heavy (non-hydrogen) atoms. The maximum atomic E-state index is 13.2. The maximum Gasteiger partial charge on any atom is 0.243 e. The van der Waals surface area contributed by atoms with Crippen LogP contribution in [-0.2, 0) is 23.7 Å². The third kappa shape index (κ3) is 4.35. The van der Waals surface area contributed by atoms with Gasteiger partial charge in [-0.1, -0.05) is 0 Å². The highest BCUT2D eigenvalue weighted by atomic mass is 32.2. The minimum absolute atomic E-state index is 0.00649. The molecule has 168 valence electrons. The minimum atomic E-state index is -3.61. The Morgan fingerprint density at radius 2 is 1.84 bits per heavy atom. The fourth-order valence-corrected chi connectivity index (χ4v) is 5.45. The van der Waals surface area contributed by atoms with Crippen molar-refractivity contribution in [3.8, 4) is 11.8 Å². The van der Waals surface area contributed by atoms with Crippen LogP contribution in [0.2, 0.25) is 0 Å². The zero-order chi connectivity index (χ0) is 22.9. The largest absolute Gasteiger partial charge is 0.486 e. The molecule has 0 amide bonds. The zero-order valence-corrected chi connectivity index (χ0v) is 19.3. The van der Waals surface area contributed by atoms with Gasteiger partial charge in [0.25, 0.3) is 0 Å². The topological polar surface area (TPSA) is 91.5 Å². The lowest BCUT2D eigenvalue weighted by molar-refractivity contribution is 0.197. The number of imidazole rings is 1. The standard InChI is InChI=1S/C23H27N5O3S/c1-26-12-10-18(11-13-26)28(3)32(29,30)20-8-9-22-21(14-20)25-23(27(22)2)16-31-19-6-4-17(15-24)5-7-19/h4-9,14,18H,10-13,16H2,1-3H3. The summed E-state index contributed by atoms with van der Waals surface area (Å²) in [6, 6.07) is 14.0. The number of aromatic nitrogens is 2.